The molecule has 0 radical (unpaired) electrons. The number of hydrogen-bond acceptors (Lipinski definition) is 4. The Morgan fingerprint density at radius 2 is 2.10 bits per heavy atom. The number of Topliss-reactive ketones (excluding diaryl/α,β-unsaturated/α-hetero) is 1. The molecule has 20 heavy (non-hydrogen) atoms. The number of hydrogen-bond donors (Lipinski definition) is 0. The molecule has 0 aliphatic carbocycles. The summed E-state index contributed by atoms with van der Waals surface area (Å²) in [4.78, 5) is 25.0. The van der Waals surface area contributed by atoms with E-state index in [9.17, 15) is 14.0 Å². The number of fused-ring (bicyclic) bond motifs is 1. The van der Waals surface area contributed by atoms with Crippen molar-refractivity contribution in [2.24, 2.45) is 7.05 Å². The molecule has 8 heteroatoms. The lowest BCUT2D eigenvalue weighted by Crippen LogP contribution is -2.30. The molecule has 0 saturated carbocycles. The van der Waals surface area contributed by atoms with Gasteiger partial charge in [0.1, 0.15) is 12.1 Å². The molecule has 1 aromatic heterocycles. The molecular formula is C12H8ClFN4O2. The van der Waals surface area contributed by atoms with E-state index in [0.717, 1.165) is 6.07 Å². The number of aryl methyl sites for hydroxylation is 1. The number of ketones is 1. The molecule has 0 unspecified atom stereocenters. The van der Waals surface area contributed by atoms with Gasteiger partial charge in [-0.1, -0.05) is 11.6 Å². The standard InChI is InChI=1S/C12H8ClFN4O2/c1-17-5-15-16-10(17)4-18-9-3-8(14)7(13)2-6(9)11(19)12(18)20/h2-3,5H,4H2,1H3. The summed E-state index contributed by atoms with van der Waals surface area (Å²) >= 11 is 5.64. The van der Waals surface area contributed by atoms with Gasteiger partial charge in [-0.25, -0.2) is 4.39 Å². The van der Waals surface area contributed by atoms with Crippen LogP contribution in [0.5, 0.6) is 0 Å². The fraction of sp³-hybridized carbons (Fsp3) is 0.167. The topological polar surface area (TPSA) is 68.1 Å². The van der Waals surface area contributed by atoms with Crippen LogP contribution in [0.2, 0.25) is 5.02 Å². The van der Waals surface area contributed by atoms with Crippen LogP contribution in [0.1, 0.15) is 16.2 Å². The average Bonchev–Trinajstić information content (AvgIpc) is 2.90. The molecule has 2 aromatic rings. The van der Waals surface area contributed by atoms with Crippen molar-refractivity contribution in [3.05, 3.63) is 40.7 Å². The van der Waals surface area contributed by atoms with Crippen molar-refractivity contribution in [1.82, 2.24) is 14.8 Å². The lowest BCUT2D eigenvalue weighted by molar-refractivity contribution is -0.114. The van der Waals surface area contributed by atoms with Gasteiger partial charge in [0.15, 0.2) is 5.82 Å². The van der Waals surface area contributed by atoms with E-state index in [4.69, 9.17) is 11.6 Å². The predicted octanol–water partition coefficient (Wildman–Crippen LogP) is 1.34. The summed E-state index contributed by atoms with van der Waals surface area (Å²) in [5.74, 6) is -1.64. The van der Waals surface area contributed by atoms with E-state index in [1.54, 1.807) is 11.6 Å². The van der Waals surface area contributed by atoms with Crippen LogP contribution in [0.25, 0.3) is 0 Å². The van der Waals surface area contributed by atoms with Crippen molar-refractivity contribution in [2.75, 3.05) is 4.90 Å². The number of benzene rings is 1. The van der Waals surface area contributed by atoms with Crippen LogP contribution in [0.4, 0.5) is 10.1 Å². The van der Waals surface area contributed by atoms with Gasteiger partial charge in [-0.15, -0.1) is 10.2 Å². The van der Waals surface area contributed by atoms with Gasteiger partial charge in [-0.3, -0.25) is 14.5 Å². The Kier molecular flexibility index (Phi) is 2.79. The molecule has 1 aliphatic heterocycles. The quantitative estimate of drug-likeness (QED) is 0.784. The van der Waals surface area contributed by atoms with Crippen molar-refractivity contribution < 1.29 is 14.0 Å². The molecule has 1 amide bonds. The highest BCUT2D eigenvalue weighted by Crippen LogP contribution is 2.33. The Morgan fingerprint density at radius 3 is 2.75 bits per heavy atom. The van der Waals surface area contributed by atoms with Crippen molar-refractivity contribution in [3.63, 3.8) is 0 Å². The Hall–Kier alpha value is -2.28. The molecule has 0 atom stereocenters. The zero-order valence-electron chi connectivity index (χ0n) is 10.3. The molecule has 0 spiro atoms. The van der Waals surface area contributed by atoms with Gasteiger partial charge in [0.05, 0.1) is 22.8 Å². The zero-order valence-corrected chi connectivity index (χ0v) is 11.1. The third-order valence-electron chi connectivity index (χ3n) is 3.12. The van der Waals surface area contributed by atoms with Crippen LogP contribution < -0.4 is 4.90 Å². The van der Waals surface area contributed by atoms with Gasteiger partial charge in [-0.05, 0) is 12.1 Å². The van der Waals surface area contributed by atoms with E-state index < -0.39 is 17.5 Å². The smallest absolute Gasteiger partial charge is 0.299 e. The number of anilines is 1. The van der Waals surface area contributed by atoms with E-state index in [2.05, 4.69) is 10.2 Å². The van der Waals surface area contributed by atoms with E-state index in [1.165, 1.54) is 17.3 Å². The molecule has 1 aliphatic rings. The third-order valence-corrected chi connectivity index (χ3v) is 3.41. The van der Waals surface area contributed by atoms with E-state index in [0.29, 0.717) is 5.82 Å². The highest BCUT2D eigenvalue weighted by atomic mass is 35.5. The summed E-state index contributed by atoms with van der Waals surface area (Å²) in [6.07, 6.45) is 1.47. The number of carbonyl (C=O) groups excluding carboxylic acids is 2. The molecular weight excluding hydrogens is 287 g/mol. The third kappa shape index (κ3) is 1.78. The zero-order chi connectivity index (χ0) is 14.4. The first-order chi connectivity index (χ1) is 9.49. The summed E-state index contributed by atoms with van der Waals surface area (Å²) in [5.41, 5.74) is 0.300. The minimum Gasteiger partial charge on any atom is -0.319 e. The van der Waals surface area contributed by atoms with Crippen LogP contribution in [0.3, 0.4) is 0 Å². The lowest BCUT2D eigenvalue weighted by atomic mass is 10.1. The maximum absolute atomic E-state index is 13.5. The fourth-order valence-corrected chi connectivity index (χ4v) is 2.20. The van der Waals surface area contributed by atoms with Gasteiger partial charge in [0.25, 0.3) is 11.7 Å². The molecule has 2 heterocycles. The van der Waals surface area contributed by atoms with Crippen molar-refractivity contribution in [3.8, 4) is 0 Å². The highest BCUT2D eigenvalue weighted by Gasteiger charge is 2.37. The summed E-state index contributed by atoms with van der Waals surface area (Å²) in [6, 6.07) is 2.25. The molecule has 0 saturated heterocycles. The highest BCUT2D eigenvalue weighted by molar-refractivity contribution is 6.52. The van der Waals surface area contributed by atoms with Crippen LogP contribution in [0, 0.1) is 5.82 Å². The van der Waals surface area contributed by atoms with Gasteiger partial charge in [0.2, 0.25) is 0 Å². The van der Waals surface area contributed by atoms with Gasteiger partial charge in [-0.2, -0.15) is 0 Å². The minimum atomic E-state index is -0.732. The summed E-state index contributed by atoms with van der Waals surface area (Å²) in [7, 11) is 1.71. The number of carbonyl (C=O) groups is 2. The van der Waals surface area contributed by atoms with E-state index in [1.807, 2.05) is 0 Å². The number of halogens is 2. The van der Waals surface area contributed by atoms with Gasteiger partial charge < -0.3 is 4.57 Å². The van der Waals surface area contributed by atoms with Gasteiger partial charge >= 0.3 is 0 Å². The minimum absolute atomic E-state index is 0.0369. The van der Waals surface area contributed by atoms with E-state index >= 15 is 0 Å². The number of nitrogens with zero attached hydrogens (tertiary/aromatic N) is 4. The molecule has 0 fully saturated rings. The summed E-state index contributed by atoms with van der Waals surface area (Å²) in [6.45, 7) is 0.0369. The Labute approximate surface area is 117 Å². The van der Waals surface area contributed by atoms with Crippen molar-refractivity contribution >= 4 is 29.0 Å². The van der Waals surface area contributed by atoms with Crippen LogP contribution in [0.15, 0.2) is 18.5 Å². The first-order valence-electron chi connectivity index (χ1n) is 5.67. The second-order valence-electron chi connectivity index (χ2n) is 4.36. The number of aromatic nitrogens is 3. The van der Waals surface area contributed by atoms with Crippen molar-refractivity contribution in [1.29, 1.82) is 0 Å². The first-order valence-corrected chi connectivity index (χ1v) is 6.05. The molecule has 1 aromatic carbocycles. The largest absolute Gasteiger partial charge is 0.319 e. The SMILES string of the molecule is Cn1cnnc1CN1C(=O)C(=O)c2cc(Cl)c(F)cc21. The van der Waals surface area contributed by atoms with Crippen LogP contribution in [-0.4, -0.2) is 26.5 Å². The summed E-state index contributed by atoms with van der Waals surface area (Å²) < 4.78 is 15.2. The maximum atomic E-state index is 13.5. The molecule has 0 N–H and O–H groups in total. The summed E-state index contributed by atoms with van der Waals surface area (Å²) in [5, 5.41) is 7.34. The monoisotopic (exact) mass is 294 g/mol. The molecule has 102 valence electrons. The average molecular weight is 295 g/mol. The van der Waals surface area contributed by atoms with Crippen LogP contribution >= 0.6 is 11.6 Å². The molecule has 6 nitrogen and oxygen atoms in total. The fourth-order valence-electron chi connectivity index (χ4n) is 2.04. The number of amides is 1. The van der Waals surface area contributed by atoms with Gasteiger partial charge in [0, 0.05) is 7.05 Å². The Balaban J connectivity index is 2.06. The Bertz CT molecular complexity index is 743. The van der Waals surface area contributed by atoms with E-state index in [-0.39, 0.29) is 22.8 Å². The molecule has 3 rings (SSSR count). The normalized spacial score (nSPS) is 14.1. The maximum Gasteiger partial charge on any atom is 0.299 e. The van der Waals surface area contributed by atoms with Crippen molar-refractivity contribution in [2.45, 2.75) is 6.54 Å². The second kappa shape index (κ2) is 4.38. The Morgan fingerprint density at radius 1 is 1.35 bits per heavy atom. The molecule has 0 bridgehead atoms. The number of rotatable bonds is 2. The lowest BCUT2D eigenvalue weighted by Gasteiger charge is -2.15. The second-order valence-corrected chi connectivity index (χ2v) is 4.77. The predicted molar refractivity (Wildman–Crippen MR) is 67.9 cm³/mol. The van der Waals surface area contributed by atoms with Crippen LogP contribution in [-0.2, 0) is 18.4 Å². The first kappa shape index (κ1) is 12.7.